The van der Waals surface area contributed by atoms with Crippen molar-refractivity contribution in [2.75, 3.05) is 0 Å². The van der Waals surface area contributed by atoms with Crippen molar-refractivity contribution in [3.8, 4) is 6.07 Å². The van der Waals surface area contributed by atoms with Crippen molar-refractivity contribution in [2.24, 2.45) is 5.73 Å². The summed E-state index contributed by atoms with van der Waals surface area (Å²) >= 11 is 0. The standard InChI is InChI=1S/C10H6F4N2/c11-8-2-1-6(9(16)3-4-15)5-7(8)10(12,13)14/h1-3,5H,16H2/b9-3+. The Labute approximate surface area is 88.6 Å². The van der Waals surface area contributed by atoms with Crippen LogP contribution in [0.15, 0.2) is 24.3 Å². The summed E-state index contributed by atoms with van der Waals surface area (Å²) in [6, 6.07) is 3.88. The Morgan fingerprint density at radius 1 is 1.38 bits per heavy atom. The van der Waals surface area contributed by atoms with E-state index in [1.807, 2.05) is 0 Å². The molecule has 0 spiro atoms. The maximum atomic E-state index is 12.9. The maximum Gasteiger partial charge on any atom is 0.419 e. The highest BCUT2D eigenvalue weighted by Crippen LogP contribution is 2.32. The van der Waals surface area contributed by atoms with Crippen LogP contribution in [0.4, 0.5) is 17.6 Å². The van der Waals surface area contributed by atoms with Crippen LogP contribution in [0.3, 0.4) is 0 Å². The Balaban J connectivity index is 3.30. The topological polar surface area (TPSA) is 49.8 Å². The summed E-state index contributed by atoms with van der Waals surface area (Å²) < 4.78 is 49.8. The number of nitrogens with two attached hydrogens (primary N) is 1. The van der Waals surface area contributed by atoms with Crippen LogP contribution in [0.1, 0.15) is 11.1 Å². The number of nitriles is 1. The van der Waals surface area contributed by atoms with Crippen LogP contribution in [0.2, 0.25) is 0 Å². The number of hydrogen-bond acceptors (Lipinski definition) is 2. The predicted octanol–water partition coefficient (Wildman–Crippen LogP) is 2.67. The van der Waals surface area contributed by atoms with E-state index in [1.54, 1.807) is 6.07 Å². The third kappa shape index (κ3) is 2.51. The van der Waals surface area contributed by atoms with Gasteiger partial charge in [-0.3, -0.25) is 0 Å². The van der Waals surface area contributed by atoms with Gasteiger partial charge >= 0.3 is 6.18 Å². The molecule has 0 fully saturated rings. The second-order valence-electron chi connectivity index (χ2n) is 2.92. The summed E-state index contributed by atoms with van der Waals surface area (Å²) in [7, 11) is 0. The van der Waals surface area contributed by atoms with E-state index >= 15 is 0 Å². The van der Waals surface area contributed by atoms with Crippen molar-refractivity contribution in [2.45, 2.75) is 6.18 Å². The molecule has 0 unspecified atom stereocenters. The lowest BCUT2D eigenvalue weighted by molar-refractivity contribution is -0.140. The summed E-state index contributed by atoms with van der Waals surface area (Å²) in [5.74, 6) is -1.37. The van der Waals surface area contributed by atoms with Crippen LogP contribution in [0, 0.1) is 17.1 Å². The molecule has 16 heavy (non-hydrogen) atoms. The van der Waals surface area contributed by atoms with Gasteiger partial charge in [-0.2, -0.15) is 18.4 Å². The Morgan fingerprint density at radius 3 is 2.50 bits per heavy atom. The van der Waals surface area contributed by atoms with Crippen molar-refractivity contribution < 1.29 is 17.6 Å². The van der Waals surface area contributed by atoms with E-state index in [9.17, 15) is 17.6 Å². The van der Waals surface area contributed by atoms with Gasteiger partial charge in [-0.05, 0) is 23.8 Å². The van der Waals surface area contributed by atoms with E-state index in [4.69, 9.17) is 11.0 Å². The van der Waals surface area contributed by atoms with Gasteiger partial charge in [0.15, 0.2) is 0 Å². The van der Waals surface area contributed by atoms with Crippen molar-refractivity contribution in [3.63, 3.8) is 0 Å². The fourth-order valence-corrected chi connectivity index (χ4v) is 1.07. The molecule has 0 heterocycles. The number of halogens is 4. The highest BCUT2D eigenvalue weighted by molar-refractivity contribution is 5.65. The number of benzene rings is 1. The van der Waals surface area contributed by atoms with Crippen LogP contribution >= 0.6 is 0 Å². The van der Waals surface area contributed by atoms with Gasteiger partial charge in [0.25, 0.3) is 0 Å². The van der Waals surface area contributed by atoms with Crippen molar-refractivity contribution >= 4 is 5.70 Å². The molecule has 2 nitrogen and oxygen atoms in total. The minimum absolute atomic E-state index is 0.0460. The molecule has 0 saturated carbocycles. The Kier molecular flexibility index (Phi) is 3.18. The van der Waals surface area contributed by atoms with Crippen molar-refractivity contribution in [3.05, 3.63) is 41.2 Å². The Morgan fingerprint density at radius 2 is 2.00 bits per heavy atom. The maximum absolute atomic E-state index is 12.9. The highest BCUT2D eigenvalue weighted by atomic mass is 19.4. The van der Waals surface area contributed by atoms with E-state index in [0.29, 0.717) is 12.1 Å². The van der Waals surface area contributed by atoms with E-state index < -0.39 is 17.6 Å². The first-order valence-electron chi connectivity index (χ1n) is 4.08. The monoisotopic (exact) mass is 230 g/mol. The summed E-state index contributed by atoms with van der Waals surface area (Å²) in [6.07, 6.45) is -3.90. The van der Waals surface area contributed by atoms with Gasteiger partial charge in [0.1, 0.15) is 5.82 Å². The molecule has 0 radical (unpaired) electrons. The van der Waals surface area contributed by atoms with Crippen molar-refractivity contribution in [1.29, 1.82) is 5.26 Å². The van der Waals surface area contributed by atoms with Crippen LogP contribution in [0.25, 0.3) is 5.70 Å². The molecule has 0 aliphatic rings. The van der Waals surface area contributed by atoms with E-state index in [1.165, 1.54) is 0 Å². The number of alkyl halides is 3. The zero-order valence-corrected chi connectivity index (χ0v) is 7.85. The van der Waals surface area contributed by atoms with E-state index in [2.05, 4.69) is 0 Å². The highest BCUT2D eigenvalue weighted by Gasteiger charge is 2.34. The molecule has 0 aliphatic heterocycles. The molecular weight excluding hydrogens is 224 g/mol. The third-order valence-electron chi connectivity index (χ3n) is 1.83. The number of nitrogens with zero attached hydrogens (tertiary/aromatic N) is 1. The third-order valence-corrected chi connectivity index (χ3v) is 1.83. The molecule has 0 amide bonds. The molecule has 0 aromatic heterocycles. The van der Waals surface area contributed by atoms with Crippen LogP contribution < -0.4 is 5.73 Å². The van der Waals surface area contributed by atoms with Gasteiger partial charge in [-0.1, -0.05) is 0 Å². The molecular formula is C10H6F4N2. The molecule has 1 aromatic rings. The van der Waals surface area contributed by atoms with Gasteiger partial charge in [0.05, 0.1) is 11.6 Å². The largest absolute Gasteiger partial charge is 0.419 e. The van der Waals surface area contributed by atoms with Crippen LogP contribution in [-0.4, -0.2) is 0 Å². The molecule has 1 aromatic carbocycles. The molecule has 0 aliphatic carbocycles. The quantitative estimate of drug-likeness (QED) is 0.595. The lowest BCUT2D eigenvalue weighted by Gasteiger charge is -2.09. The zero-order valence-electron chi connectivity index (χ0n) is 7.85. The van der Waals surface area contributed by atoms with Crippen LogP contribution in [0.5, 0.6) is 0 Å². The first-order valence-corrected chi connectivity index (χ1v) is 4.08. The summed E-state index contributed by atoms with van der Waals surface area (Å²) in [4.78, 5) is 0. The average molecular weight is 230 g/mol. The summed E-state index contributed by atoms with van der Waals surface area (Å²) in [5, 5.41) is 8.28. The fraction of sp³-hybridized carbons (Fsp3) is 0.100. The minimum Gasteiger partial charge on any atom is -0.398 e. The van der Waals surface area contributed by atoms with Gasteiger partial charge in [-0.15, -0.1) is 0 Å². The second kappa shape index (κ2) is 4.23. The van der Waals surface area contributed by atoms with Gasteiger partial charge in [-0.25, -0.2) is 4.39 Å². The summed E-state index contributed by atoms with van der Waals surface area (Å²) in [5.41, 5.74) is 3.72. The van der Waals surface area contributed by atoms with E-state index in [0.717, 1.165) is 12.1 Å². The lowest BCUT2D eigenvalue weighted by Crippen LogP contribution is -2.09. The SMILES string of the molecule is N#C/C=C(/N)c1ccc(F)c(C(F)(F)F)c1. The molecule has 6 heteroatoms. The lowest BCUT2D eigenvalue weighted by atomic mass is 10.1. The normalized spacial score (nSPS) is 12.3. The number of hydrogen-bond donors (Lipinski definition) is 1. The molecule has 84 valence electrons. The first-order chi connectivity index (χ1) is 7.36. The smallest absolute Gasteiger partial charge is 0.398 e. The van der Waals surface area contributed by atoms with Gasteiger partial charge < -0.3 is 5.73 Å². The Bertz CT molecular complexity index is 469. The molecule has 0 bridgehead atoms. The number of allylic oxidation sites excluding steroid dienone is 1. The summed E-state index contributed by atoms with van der Waals surface area (Å²) in [6.45, 7) is 0. The number of rotatable bonds is 1. The Hall–Kier alpha value is -2.03. The average Bonchev–Trinajstić information content (AvgIpc) is 2.16. The fourth-order valence-electron chi connectivity index (χ4n) is 1.07. The van der Waals surface area contributed by atoms with E-state index in [-0.39, 0.29) is 11.3 Å². The minimum atomic E-state index is -4.78. The first kappa shape index (κ1) is 12.0. The van der Waals surface area contributed by atoms with Gasteiger partial charge in [0.2, 0.25) is 0 Å². The van der Waals surface area contributed by atoms with Gasteiger partial charge in [0, 0.05) is 11.8 Å². The zero-order chi connectivity index (χ0) is 12.3. The van der Waals surface area contributed by atoms with Crippen LogP contribution in [-0.2, 0) is 6.18 Å². The molecule has 1 rings (SSSR count). The predicted molar refractivity (Wildman–Crippen MR) is 49.2 cm³/mol. The molecule has 0 saturated heterocycles. The second-order valence-corrected chi connectivity index (χ2v) is 2.92. The molecule has 2 N–H and O–H groups in total. The van der Waals surface area contributed by atoms with Crippen molar-refractivity contribution in [1.82, 2.24) is 0 Å². The molecule has 0 atom stereocenters.